The summed E-state index contributed by atoms with van der Waals surface area (Å²) >= 11 is 0. The molecule has 0 spiro atoms. The number of hydrogen-bond donors (Lipinski definition) is 3. The number of aryl methyl sites for hydroxylation is 1. The molecule has 2 atom stereocenters. The summed E-state index contributed by atoms with van der Waals surface area (Å²) in [6.07, 6.45) is 2.11. The van der Waals surface area contributed by atoms with Gasteiger partial charge < -0.3 is 20.7 Å². The molecule has 24 heavy (non-hydrogen) atoms. The van der Waals surface area contributed by atoms with Crippen molar-refractivity contribution >= 4 is 35.2 Å². The number of aliphatic carboxylic acids is 1. The number of carbonyl (C=O) groups is 2. The van der Waals surface area contributed by atoms with Crippen molar-refractivity contribution in [2.24, 2.45) is 18.7 Å². The minimum atomic E-state index is -1.07. The van der Waals surface area contributed by atoms with Crippen LogP contribution in [0.1, 0.15) is 19.4 Å². The monoisotopic (exact) mass is 353 g/mol. The predicted octanol–water partition coefficient (Wildman–Crippen LogP) is 1.70. The first-order valence-electron chi connectivity index (χ1n) is 7.63. The number of carboxylic acids is 1. The fourth-order valence-corrected chi connectivity index (χ4v) is 2.58. The summed E-state index contributed by atoms with van der Waals surface area (Å²) in [6.45, 7) is 3.65. The Morgan fingerprint density at radius 1 is 1.29 bits per heavy atom. The second-order valence-electron chi connectivity index (χ2n) is 6.16. The van der Waals surface area contributed by atoms with Crippen molar-refractivity contribution in [3.63, 3.8) is 0 Å². The molecule has 1 aromatic carbocycles. The van der Waals surface area contributed by atoms with Gasteiger partial charge in [-0.1, -0.05) is 32.0 Å². The van der Waals surface area contributed by atoms with Crippen LogP contribution in [0.2, 0.25) is 0 Å². The van der Waals surface area contributed by atoms with E-state index in [4.69, 9.17) is 5.73 Å². The first kappa shape index (κ1) is 20.0. The minimum Gasteiger partial charge on any atom is -0.480 e. The zero-order chi connectivity index (χ0) is 17.1. The molecule has 0 bridgehead atoms. The van der Waals surface area contributed by atoms with Crippen LogP contribution in [-0.4, -0.2) is 33.6 Å². The zero-order valence-electron chi connectivity index (χ0n) is 14.0. The van der Waals surface area contributed by atoms with Gasteiger partial charge in [0.2, 0.25) is 5.91 Å². The molecule has 7 heteroatoms. The lowest BCUT2D eigenvalue weighted by Gasteiger charge is -2.19. The predicted molar refractivity (Wildman–Crippen MR) is 96.3 cm³/mol. The number of nitrogens with zero attached hydrogens (tertiary/aromatic N) is 1. The molecule has 0 saturated heterocycles. The number of nitrogens with two attached hydrogens (primary N) is 1. The van der Waals surface area contributed by atoms with Crippen LogP contribution in [0.5, 0.6) is 0 Å². The molecule has 6 nitrogen and oxygen atoms in total. The average molecular weight is 354 g/mol. The number of carboxylic acid groups (broad SMARTS) is 1. The molecule has 2 unspecified atom stereocenters. The van der Waals surface area contributed by atoms with E-state index < -0.39 is 24.0 Å². The van der Waals surface area contributed by atoms with E-state index in [1.807, 2.05) is 55.9 Å². The first-order valence-corrected chi connectivity index (χ1v) is 7.63. The van der Waals surface area contributed by atoms with Crippen molar-refractivity contribution < 1.29 is 14.7 Å². The van der Waals surface area contributed by atoms with Crippen molar-refractivity contribution in [3.8, 4) is 0 Å². The Balaban J connectivity index is 0.00000288. The lowest BCUT2D eigenvalue weighted by atomic mass is 10.0. The molecule has 0 aliphatic carbocycles. The van der Waals surface area contributed by atoms with E-state index in [1.165, 1.54) is 0 Å². The highest BCUT2D eigenvalue weighted by molar-refractivity contribution is 5.88. The van der Waals surface area contributed by atoms with Crippen LogP contribution in [0.3, 0.4) is 0 Å². The van der Waals surface area contributed by atoms with Crippen molar-refractivity contribution in [3.05, 3.63) is 36.0 Å². The first-order chi connectivity index (χ1) is 10.8. The highest BCUT2D eigenvalue weighted by atomic mass is 35.5. The van der Waals surface area contributed by atoms with Gasteiger partial charge in [-0.15, -0.1) is 12.4 Å². The highest BCUT2D eigenvalue weighted by Crippen LogP contribution is 2.21. The fourth-order valence-electron chi connectivity index (χ4n) is 2.58. The Morgan fingerprint density at radius 2 is 1.92 bits per heavy atom. The topological polar surface area (TPSA) is 97.4 Å². The number of fused-ring (bicyclic) bond motifs is 1. The SMILES string of the molecule is CC(C)C(N)C(=O)NC(Cc1cn(C)c2ccccc12)C(=O)O.Cl. The van der Waals surface area contributed by atoms with Gasteiger partial charge in [0.05, 0.1) is 6.04 Å². The maximum atomic E-state index is 12.1. The molecule has 1 heterocycles. The van der Waals surface area contributed by atoms with Gasteiger partial charge in [0.1, 0.15) is 6.04 Å². The second kappa shape index (κ2) is 8.17. The lowest BCUT2D eigenvalue weighted by Crippen LogP contribution is -2.51. The summed E-state index contributed by atoms with van der Waals surface area (Å²) in [5.74, 6) is -1.56. The molecule has 1 aromatic heterocycles. The van der Waals surface area contributed by atoms with Crippen LogP contribution in [0, 0.1) is 5.92 Å². The number of halogens is 1. The molecule has 4 N–H and O–H groups in total. The number of nitrogens with one attached hydrogen (secondary N) is 1. The largest absolute Gasteiger partial charge is 0.480 e. The van der Waals surface area contributed by atoms with Crippen LogP contribution in [0.25, 0.3) is 10.9 Å². The van der Waals surface area contributed by atoms with Gasteiger partial charge in [-0.05, 0) is 17.5 Å². The second-order valence-corrected chi connectivity index (χ2v) is 6.16. The fraction of sp³-hybridized carbons (Fsp3) is 0.412. The summed E-state index contributed by atoms with van der Waals surface area (Å²) in [4.78, 5) is 23.6. The number of aromatic nitrogens is 1. The Bertz CT molecular complexity index is 727. The van der Waals surface area contributed by atoms with Crippen molar-refractivity contribution in [2.45, 2.75) is 32.4 Å². The average Bonchev–Trinajstić information content (AvgIpc) is 2.82. The normalized spacial score (nSPS) is 13.4. The Labute approximate surface area is 147 Å². The Kier molecular flexibility index (Phi) is 6.81. The molecular weight excluding hydrogens is 330 g/mol. The molecule has 0 saturated carbocycles. The number of hydrogen-bond acceptors (Lipinski definition) is 3. The van der Waals surface area contributed by atoms with Gasteiger partial charge in [-0.25, -0.2) is 4.79 Å². The third-order valence-corrected chi connectivity index (χ3v) is 4.04. The van der Waals surface area contributed by atoms with E-state index in [0.717, 1.165) is 16.5 Å². The van der Waals surface area contributed by atoms with Crippen molar-refractivity contribution in [2.75, 3.05) is 0 Å². The number of carbonyl (C=O) groups excluding carboxylic acids is 1. The molecule has 2 aromatic rings. The molecule has 132 valence electrons. The van der Waals surface area contributed by atoms with Crippen LogP contribution < -0.4 is 11.1 Å². The van der Waals surface area contributed by atoms with E-state index in [-0.39, 0.29) is 24.7 Å². The molecular formula is C17H24ClN3O3. The zero-order valence-corrected chi connectivity index (χ0v) is 14.8. The maximum Gasteiger partial charge on any atom is 0.326 e. The summed E-state index contributed by atoms with van der Waals surface area (Å²) in [5.41, 5.74) is 7.70. The van der Waals surface area contributed by atoms with Gasteiger partial charge in [-0.3, -0.25) is 4.79 Å². The number of para-hydroxylation sites is 1. The summed E-state index contributed by atoms with van der Waals surface area (Å²) in [7, 11) is 1.91. The van der Waals surface area contributed by atoms with Crippen LogP contribution >= 0.6 is 12.4 Å². The van der Waals surface area contributed by atoms with E-state index in [0.29, 0.717) is 0 Å². The van der Waals surface area contributed by atoms with Crippen molar-refractivity contribution in [1.29, 1.82) is 0 Å². The van der Waals surface area contributed by atoms with Gasteiger partial charge in [0, 0.05) is 30.6 Å². The summed E-state index contributed by atoms with van der Waals surface area (Å²) in [5, 5.41) is 13.0. The van der Waals surface area contributed by atoms with E-state index in [2.05, 4.69) is 5.32 Å². The van der Waals surface area contributed by atoms with Gasteiger partial charge in [0.15, 0.2) is 0 Å². The Morgan fingerprint density at radius 3 is 2.50 bits per heavy atom. The van der Waals surface area contributed by atoms with E-state index in [1.54, 1.807) is 0 Å². The molecule has 2 rings (SSSR count). The van der Waals surface area contributed by atoms with Crippen molar-refractivity contribution in [1.82, 2.24) is 9.88 Å². The number of amides is 1. The number of rotatable bonds is 6. The van der Waals surface area contributed by atoms with Gasteiger partial charge in [-0.2, -0.15) is 0 Å². The van der Waals surface area contributed by atoms with Gasteiger partial charge >= 0.3 is 5.97 Å². The minimum absolute atomic E-state index is 0. The standard InChI is InChI=1S/C17H23N3O3.ClH/c1-10(2)15(18)16(21)19-13(17(22)23)8-11-9-20(3)14-7-5-4-6-12(11)14;/h4-7,9-10,13,15H,8,18H2,1-3H3,(H,19,21)(H,22,23);1H. The van der Waals surface area contributed by atoms with Crippen LogP contribution in [0.4, 0.5) is 0 Å². The quantitative estimate of drug-likeness (QED) is 0.736. The van der Waals surface area contributed by atoms with Gasteiger partial charge in [0.25, 0.3) is 0 Å². The highest BCUT2D eigenvalue weighted by Gasteiger charge is 2.26. The smallest absolute Gasteiger partial charge is 0.326 e. The third kappa shape index (κ3) is 4.27. The van der Waals surface area contributed by atoms with Crippen LogP contribution in [0.15, 0.2) is 30.5 Å². The molecule has 0 aliphatic rings. The molecule has 1 amide bonds. The van der Waals surface area contributed by atoms with Crippen LogP contribution in [-0.2, 0) is 23.1 Å². The summed E-state index contributed by atoms with van der Waals surface area (Å²) < 4.78 is 1.95. The van der Waals surface area contributed by atoms with E-state index in [9.17, 15) is 14.7 Å². The lowest BCUT2D eigenvalue weighted by molar-refractivity contribution is -0.142. The summed E-state index contributed by atoms with van der Waals surface area (Å²) in [6, 6.07) is 6.05. The Hall–Kier alpha value is -2.05. The molecule has 0 fully saturated rings. The third-order valence-electron chi connectivity index (χ3n) is 4.04. The number of benzene rings is 1. The maximum absolute atomic E-state index is 12.1. The van der Waals surface area contributed by atoms with E-state index >= 15 is 0 Å². The molecule has 0 radical (unpaired) electrons. The molecule has 0 aliphatic heterocycles.